The van der Waals surface area contributed by atoms with E-state index < -0.39 is 5.54 Å². The van der Waals surface area contributed by atoms with Crippen molar-refractivity contribution in [2.45, 2.75) is 58.5 Å². The molecule has 0 aliphatic heterocycles. The molecule has 4 heteroatoms. The average molecular weight is 231 g/mol. The van der Waals surface area contributed by atoms with E-state index in [0.29, 0.717) is 6.61 Å². The van der Waals surface area contributed by atoms with E-state index in [9.17, 15) is 9.90 Å². The van der Waals surface area contributed by atoms with E-state index in [1.165, 1.54) is 0 Å². The lowest BCUT2D eigenvalue weighted by molar-refractivity contribution is -0.146. The van der Waals surface area contributed by atoms with Gasteiger partial charge >= 0.3 is 5.97 Å². The molecule has 0 fully saturated rings. The molecule has 4 nitrogen and oxygen atoms in total. The molecule has 2 atom stereocenters. The molecule has 96 valence electrons. The van der Waals surface area contributed by atoms with Gasteiger partial charge in [0.15, 0.2) is 0 Å². The molecule has 2 unspecified atom stereocenters. The van der Waals surface area contributed by atoms with E-state index in [1.807, 2.05) is 20.8 Å². The minimum atomic E-state index is -0.410. The number of aliphatic hydroxyl groups excluding tert-OH is 1. The van der Waals surface area contributed by atoms with Gasteiger partial charge in [-0.05, 0) is 26.7 Å². The summed E-state index contributed by atoms with van der Waals surface area (Å²) < 4.78 is 5.01. The summed E-state index contributed by atoms with van der Waals surface area (Å²) in [6, 6.07) is -0.318. The third kappa shape index (κ3) is 4.94. The largest absolute Gasteiger partial charge is 0.465 e. The Bertz CT molecular complexity index is 202. The normalized spacial score (nSPS) is 16.6. The van der Waals surface area contributed by atoms with Crippen LogP contribution < -0.4 is 5.32 Å². The fourth-order valence-electron chi connectivity index (χ4n) is 1.46. The Labute approximate surface area is 98.4 Å². The van der Waals surface area contributed by atoms with Gasteiger partial charge in [0.1, 0.15) is 6.04 Å². The molecule has 0 aromatic rings. The summed E-state index contributed by atoms with van der Waals surface area (Å²) in [5, 5.41) is 12.5. The van der Waals surface area contributed by atoms with Gasteiger partial charge in [0.25, 0.3) is 0 Å². The smallest absolute Gasteiger partial charge is 0.323 e. The molecular weight excluding hydrogens is 206 g/mol. The number of hydrogen-bond acceptors (Lipinski definition) is 4. The minimum Gasteiger partial charge on any atom is -0.465 e. The topological polar surface area (TPSA) is 58.6 Å². The zero-order valence-corrected chi connectivity index (χ0v) is 10.9. The maximum Gasteiger partial charge on any atom is 0.323 e. The summed E-state index contributed by atoms with van der Waals surface area (Å²) >= 11 is 0. The second-order valence-electron chi connectivity index (χ2n) is 4.31. The maximum absolute atomic E-state index is 11.7. The van der Waals surface area contributed by atoms with Crippen LogP contribution in [0.5, 0.6) is 0 Å². The Kier molecular flexibility index (Phi) is 7.34. The van der Waals surface area contributed by atoms with Gasteiger partial charge in [0, 0.05) is 5.54 Å². The number of ether oxygens (including phenoxy) is 1. The van der Waals surface area contributed by atoms with Crippen molar-refractivity contribution in [2.24, 2.45) is 0 Å². The molecule has 0 heterocycles. The van der Waals surface area contributed by atoms with Gasteiger partial charge in [0.05, 0.1) is 13.2 Å². The van der Waals surface area contributed by atoms with Gasteiger partial charge in [-0.3, -0.25) is 10.1 Å². The average Bonchev–Trinajstić information content (AvgIpc) is 2.28. The number of nitrogens with one attached hydrogen (secondary N) is 1. The van der Waals surface area contributed by atoms with Crippen LogP contribution in [-0.2, 0) is 9.53 Å². The molecule has 0 amide bonds. The van der Waals surface area contributed by atoms with Crippen molar-refractivity contribution < 1.29 is 14.6 Å². The van der Waals surface area contributed by atoms with Crippen molar-refractivity contribution in [1.29, 1.82) is 0 Å². The van der Waals surface area contributed by atoms with Gasteiger partial charge in [0.2, 0.25) is 0 Å². The molecule has 16 heavy (non-hydrogen) atoms. The van der Waals surface area contributed by atoms with E-state index in [-0.39, 0.29) is 18.6 Å². The number of rotatable bonds is 8. The van der Waals surface area contributed by atoms with Crippen LogP contribution in [0.3, 0.4) is 0 Å². The minimum absolute atomic E-state index is 0.0170. The highest BCUT2D eigenvalue weighted by Gasteiger charge is 2.28. The first-order valence-corrected chi connectivity index (χ1v) is 6.08. The third-order valence-corrected chi connectivity index (χ3v) is 2.80. The monoisotopic (exact) mass is 231 g/mol. The summed E-state index contributed by atoms with van der Waals surface area (Å²) in [7, 11) is 0. The van der Waals surface area contributed by atoms with E-state index in [2.05, 4.69) is 5.32 Å². The van der Waals surface area contributed by atoms with E-state index in [1.54, 1.807) is 6.92 Å². The quantitative estimate of drug-likeness (QED) is 0.621. The number of aliphatic hydroxyl groups is 1. The highest BCUT2D eigenvalue weighted by molar-refractivity contribution is 5.75. The second kappa shape index (κ2) is 7.63. The van der Waals surface area contributed by atoms with Gasteiger partial charge in [-0.25, -0.2) is 0 Å². The lowest BCUT2D eigenvalue weighted by Gasteiger charge is -2.31. The molecule has 0 radical (unpaired) electrons. The van der Waals surface area contributed by atoms with Crippen LogP contribution in [0, 0.1) is 0 Å². The van der Waals surface area contributed by atoms with E-state index in [4.69, 9.17) is 4.74 Å². The zero-order chi connectivity index (χ0) is 12.6. The van der Waals surface area contributed by atoms with Gasteiger partial charge in [-0.2, -0.15) is 0 Å². The van der Waals surface area contributed by atoms with Crippen molar-refractivity contribution in [3.05, 3.63) is 0 Å². The highest BCUT2D eigenvalue weighted by atomic mass is 16.5. The third-order valence-electron chi connectivity index (χ3n) is 2.80. The first-order valence-electron chi connectivity index (χ1n) is 6.08. The summed E-state index contributed by atoms with van der Waals surface area (Å²) in [5.74, 6) is -0.225. The summed E-state index contributed by atoms with van der Waals surface area (Å²) in [4.78, 5) is 11.7. The second-order valence-corrected chi connectivity index (χ2v) is 4.31. The van der Waals surface area contributed by atoms with Crippen LogP contribution in [0.2, 0.25) is 0 Å². The Morgan fingerprint density at radius 2 is 2.06 bits per heavy atom. The standard InChI is InChI=1S/C12H25NO3/c1-5-8-10(11(15)16-7-3)13-12(4,6-2)9-14/h10,13-14H,5-9H2,1-4H3. The first kappa shape index (κ1) is 15.4. The summed E-state index contributed by atoms with van der Waals surface area (Å²) in [5.41, 5.74) is -0.410. The number of esters is 1. The Morgan fingerprint density at radius 3 is 2.44 bits per heavy atom. The molecule has 0 spiro atoms. The van der Waals surface area contributed by atoms with Gasteiger partial charge in [-0.1, -0.05) is 20.3 Å². The summed E-state index contributed by atoms with van der Waals surface area (Å²) in [6.07, 6.45) is 2.40. The Morgan fingerprint density at radius 1 is 1.44 bits per heavy atom. The number of carbonyl (C=O) groups is 1. The predicted molar refractivity (Wildman–Crippen MR) is 64.2 cm³/mol. The zero-order valence-electron chi connectivity index (χ0n) is 10.9. The molecule has 2 N–H and O–H groups in total. The van der Waals surface area contributed by atoms with Gasteiger partial charge < -0.3 is 9.84 Å². The van der Waals surface area contributed by atoms with E-state index in [0.717, 1.165) is 19.3 Å². The van der Waals surface area contributed by atoms with Crippen LogP contribution in [0.4, 0.5) is 0 Å². The van der Waals surface area contributed by atoms with Crippen molar-refractivity contribution >= 4 is 5.97 Å². The van der Waals surface area contributed by atoms with Crippen LogP contribution in [0.15, 0.2) is 0 Å². The first-order chi connectivity index (χ1) is 7.52. The molecule has 0 saturated heterocycles. The summed E-state index contributed by atoms with van der Waals surface area (Å²) in [6.45, 7) is 8.13. The van der Waals surface area contributed by atoms with Crippen molar-refractivity contribution in [2.75, 3.05) is 13.2 Å². The highest BCUT2D eigenvalue weighted by Crippen LogP contribution is 2.12. The lowest BCUT2D eigenvalue weighted by atomic mass is 9.97. The molecule has 0 aromatic heterocycles. The van der Waals surface area contributed by atoms with Gasteiger partial charge in [-0.15, -0.1) is 0 Å². The van der Waals surface area contributed by atoms with Crippen molar-refractivity contribution in [1.82, 2.24) is 5.32 Å². The maximum atomic E-state index is 11.7. The SMILES string of the molecule is CCCC(NC(C)(CC)CO)C(=O)OCC. The molecule has 0 aromatic carbocycles. The lowest BCUT2D eigenvalue weighted by Crippen LogP contribution is -2.53. The molecule has 0 saturated carbocycles. The van der Waals surface area contributed by atoms with Crippen molar-refractivity contribution in [3.63, 3.8) is 0 Å². The Hall–Kier alpha value is -0.610. The van der Waals surface area contributed by atoms with E-state index >= 15 is 0 Å². The molecular formula is C12H25NO3. The van der Waals surface area contributed by atoms with Crippen LogP contribution in [0.25, 0.3) is 0 Å². The van der Waals surface area contributed by atoms with Crippen molar-refractivity contribution in [3.8, 4) is 0 Å². The number of hydrogen-bond donors (Lipinski definition) is 2. The fourth-order valence-corrected chi connectivity index (χ4v) is 1.46. The molecule has 0 aliphatic rings. The predicted octanol–water partition coefficient (Wildman–Crippen LogP) is 1.47. The molecule has 0 aliphatic carbocycles. The van der Waals surface area contributed by atoms with Crippen LogP contribution >= 0.6 is 0 Å². The fraction of sp³-hybridized carbons (Fsp3) is 0.917. The molecule has 0 rings (SSSR count). The molecule has 0 bridgehead atoms. The van der Waals surface area contributed by atoms with Crippen LogP contribution in [-0.4, -0.2) is 35.9 Å². The number of carbonyl (C=O) groups excluding carboxylic acids is 1. The Balaban J connectivity index is 4.47. The van der Waals surface area contributed by atoms with Crippen LogP contribution in [0.1, 0.15) is 47.0 Å².